The number of furan rings is 1. The minimum atomic E-state index is -0.728. The van der Waals surface area contributed by atoms with E-state index in [1.807, 2.05) is 0 Å². The second-order valence-electron chi connectivity index (χ2n) is 4.94. The number of nitrogens with one attached hydrogen (secondary N) is 1. The van der Waals surface area contributed by atoms with Crippen molar-refractivity contribution in [1.82, 2.24) is 0 Å². The van der Waals surface area contributed by atoms with Gasteiger partial charge in [0.25, 0.3) is 0 Å². The van der Waals surface area contributed by atoms with Crippen LogP contribution in [0.25, 0.3) is 0 Å². The molecule has 1 aliphatic rings. The van der Waals surface area contributed by atoms with E-state index in [0.717, 1.165) is 12.8 Å². The van der Waals surface area contributed by atoms with Crippen LogP contribution in [0, 0.1) is 12.8 Å². The van der Waals surface area contributed by atoms with Crippen LogP contribution in [0.15, 0.2) is 4.42 Å². The number of hydrogen-bond acceptors (Lipinski definition) is 6. The lowest BCUT2D eigenvalue weighted by atomic mass is 10.1. The minimum Gasteiger partial charge on any atom is -0.462 e. The number of anilines is 1. The fraction of sp³-hybridized carbons (Fsp3) is 0.533. The van der Waals surface area contributed by atoms with Crippen molar-refractivity contribution in [1.29, 1.82) is 0 Å². The molecular weight excluding hydrogens is 290 g/mol. The van der Waals surface area contributed by atoms with E-state index in [1.54, 1.807) is 13.8 Å². The van der Waals surface area contributed by atoms with E-state index in [-0.39, 0.29) is 47.8 Å². The molecule has 0 saturated heterocycles. The molecule has 1 aromatic heterocycles. The summed E-state index contributed by atoms with van der Waals surface area (Å²) in [7, 11) is 0. The molecule has 1 aliphatic carbocycles. The van der Waals surface area contributed by atoms with Crippen molar-refractivity contribution in [3.05, 3.63) is 16.9 Å². The van der Waals surface area contributed by atoms with Gasteiger partial charge in [-0.1, -0.05) is 0 Å². The summed E-state index contributed by atoms with van der Waals surface area (Å²) < 4.78 is 15.3. The predicted molar refractivity (Wildman–Crippen MR) is 76.7 cm³/mol. The number of rotatable bonds is 6. The first-order chi connectivity index (χ1) is 10.5. The van der Waals surface area contributed by atoms with E-state index in [0.29, 0.717) is 0 Å². The highest BCUT2D eigenvalue weighted by molar-refractivity contribution is 6.09. The van der Waals surface area contributed by atoms with E-state index in [4.69, 9.17) is 13.9 Å². The zero-order valence-corrected chi connectivity index (χ0v) is 12.9. The van der Waals surface area contributed by atoms with Gasteiger partial charge in [0.1, 0.15) is 16.9 Å². The van der Waals surface area contributed by atoms with E-state index in [1.165, 1.54) is 6.92 Å². The minimum absolute atomic E-state index is 0.00797. The van der Waals surface area contributed by atoms with Crippen molar-refractivity contribution in [3.8, 4) is 0 Å². The third-order valence-electron chi connectivity index (χ3n) is 3.23. The summed E-state index contributed by atoms with van der Waals surface area (Å²) >= 11 is 0. The molecule has 1 aromatic rings. The molecule has 0 spiro atoms. The Morgan fingerprint density at radius 1 is 1.09 bits per heavy atom. The lowest BCUT2D eigenvalue weighted by Crippen LogP contribution is -2.18. The number of carbonyl (C=O) groups excluding carboxylic acids is 3. The van der Waals surface area contributed by atoms with Crippen molar-refractivity contribution >= 4 is 23.7 Å². The number of ether oxygens (including phenoxy) is 2. The van der Waals surface area contributed by atoms with Gasteiger partial charge in [-0.3, -0.25) is 10.1 Å². The molecule has 0 bridgehead atoms. The molecule has 2 rings (SSSR count). The molecule has 0 unspecified atom stereocenters. The largest absolute Gasteiger partial charge is 0.462 e. The first-order valence-electron chi connectivity index (χ1n) is 7.28. The molecule has 1 saturated carbocycles. The van der Waals surface area contributed by atoms with Gasteiger partial charge in [0.05, 0.1) is 13.2 Å². The van der Waals surface area contributed by atoms with Crippen LogP contribution in [0.1, 0.15) is 53.2 Å². The van der Waals surface area contributed by atoms with E-state index in [9.17, 15) is 14.4 Å². The Labute approximate surface area is 127 Å². The topological polar surface area (TPSA) is 94.8 Å². The smallest absolute Gasteiger partial charge is 0.344 e. The van der Waals surface area contributed by atoms with Crippen molar-refractivity contribution < 1.29 is 28.3 Å². The predicted octanol–water partition coefficient (Wildman–Crippen LogP) is 2.29. The zero-order chi connectivity index (χ0) is 16.3. The average molecular weight is 309 g/mol. The van der Waals surface area contributed by atoms with Gasteiger partial charge in [-0.2, -0.15) is 0 Å². The molecular formula is C15H19NO6. The molecule has 0 radical (unpaired) electrons. The van der Waals surface area contributed by atoms with Crippen LogP contribution < -0.4 is 5.32 Å². The van der Waals surface area contributed by atoms with E-state index < -0.39 is 11.9 Å². The van der Waals surface area contributed by atoms with Gasteiger partial charge >= 0.3 is 11.9 Å². The SMILES string of the molecule is CCOC(=O)c1c(C)oc(NC(=O)C2CC2)c1C(=O)OCC. The van der Waals surface area contributed by atoms with Crippen LogP contribution in [0.4, 0.5) is 5.88 Å². The third-order valence-corrected chi connectivity index (χ3v) is 3.23. The van der Waals surface area contributed by atoms with Crippen LogP contribution in [0.5, 0.6) is 0 Å². The fourth-order valence-electron chi connectivity index (χ4n) is 2.04. The van der Waals surface area contributed by atoms with Gasteiger partial charge in [-0.05, 0) is 33.6 Å². The van der Waals surface area contributed by atoms with Gasteiger partial charge < -0.3 is 13.9 Å². The molecule has 7 heteroatoms. The molecule has 7 nitrogen and oxygen atoms in total. The van der Waals surface area contributed by atoms with Crippen LogP contribution in [-0.4, -0.2) is 31.1 Å². The first kappa shape index (κ1) is 16.1. The Bertz CT molecular complexity index is 599. The normalized spacial score (nSPS) is 13.6. The molecule has 120 valence electrons. The van der Waals surface area contributed by atoms with Gasteiger partial charge in [0, 0.05) is 5.92 Å². The lowest BCUT2D eigenvalue weighted by Gasteiger charge is -2.06. The lowest BCUT2D eigenvalue weighted by molar-refractivity contribution is -0.117. The molecule has 0 aromatic carbocycles. The number of carbonyl (C=O) groups is 3. The molecule has 22 heavy (non-hydrogen) atoms. The van der Waals surface area contributed by atoms with Crippen LogP contribution in [0.2, 0.25) is 0 Å². The Morgan fingerprint density at radius 2 is 1.64 bits per heavy atom. The highest BCUT2D eigenvalue weighted by Gasteiger charge is 2.35. The van der Waals surface area contributed by atoms with Crippen LogP contribution in [0.3, 0.4) is 0 Å². The Hall–Kier alpha value is -2.31. The van der Waals surface area contributed by atoms with Crippen molar-refractivity contribution in [2.24, 2.45) is 5.92 Å². The Morgan fingerprint density at radius 3 is 2.14 bits per heavy atom. The van der Waals surface area contributed by atoms with Crippen molar-refractivity contribution in [2.75, 3.05) is 18.5 Å². The highest BCUT2D eigenvalue weighted by atomic mass is 16.5. The fourth-order valence-corrected chi connectivity index (χ4v) is 2.04. The number of esters is 2. The molecule has 1 amide bonds. The van der Waals surface area contributed by atoms with Crippen LogP contribution >= 0.6 is 0 Å². The molecule has 1 heterocycles. The van der Waals surface area contributed by atoms with Gasteiger partial charge in [-0.15, -0.1) is 0 Å². The molecule has 1 N–H and O–H groups in total. The summed E-state index contributed by atoms with van der Waals surface area (Å²) in [6.07, 6.45) is 1.62. The summed E-state index contributed by atoms with van der Waals surface area (Å²) in [6, 6.07) is 0. The maximum Gasteiger partial charge on any atom is 0.344 e. The summed E-state index contributed by atoms with van der Waals surface area (Å²) in [5.74, 6) is -1.56. The van der Waals surface area contributed by atoms with Gasteiger partial charge in [0.2, 0.25) is 11.8 Å². The Balaban J connectivity index is 2.38. The van der Waals surface area contributed by atoms with Crippen molar-refractivity contribution in [3.63, 3.8) is 0 Å². The maximum atomic E-state index is 12.1. The first-order valence-corrected chi connectivity index (χ1v) is 7.28. The van der Waals surface area contributed by atoms with Gasteiger partial charge in [0.15, 0.2) is 0 Å². The molecule has 1 fully saturated rings. The molecule has 0 atom stereocenters. The van der Waals surface area contributed by atoms with Gasteiger partial charge in [-0.25, -0.2) is 9.59 Å². The van der Waals surface area contributed by atoms with E-state index in [2.05, 4.69) is 5.32 Å². The van der Waals surface area contributed by atoms with Crippen molar-refractivity contribution in [2.45, 2.75) is 33.6 Å². The monoisotopic (exact) mass is 309 g/mol. The summed E-state index contributed by atoms with van der Waals surface area (Å²) in [4.78, 5) is 36.1. The van der Waals surface area contributed by atoms with E-state index >= 15 is 0 Å². The summed E-state index contributed by atoms with van der Waals surface area (Å²) in [6.45, 7) is 5.14. The third kappa shape index (κ3) is 3.29. The number of hydrogen-bond donors (Lipinski definition) is 1. The average Bonchev–Trinajstić information content (AvgIpc) is 3.24. The quantitative estimate of drug-likeness (QED) is 0.810. The van der Waals surface area contributed by atoms with Crippen LogP contribution in [-0.2, 0) is 14.3 Å². The maximum absolute atomic E-state index is 12.1. The summed E-state index contributed by atoms with van der Waals surface area (Å²) in [5.41, 5.74) is -0.0989. The molecule has 0 aliphatic heterocycles. The standard InChI is InChI=1S/C15H19NO6/c1-4-20-14(18)10-8(3)22-13(11(10)15(19)21-5-2)16-12(17)9-6-7-9/h9H,4-7H2,1-3H3,(H,16,17). The second-order valence-corrected chi connectivity index (χ2v) is 4.94. The zero-order valence-electron chi connectivity index (χ0n) is 12.9. The number of aryl methyl sites for hydroxylation is 1. The Kier molecular flexibility index (Phi) is 4.85. The summed E-state index contributed by atoms with van der Waals surface area (Å²) in [5, 5.41) is 2.56. The highest BCUT2D eigenvalue weighted by Crippen LogP contribution is 2.33. The number of amides is 1. The second kappa shape index (κ2) is 6.64.